The molecule has 0 bridgehead atoms. The Bertz CT molecular complexity index is 618. The predicted molar refractivity (Wildman–Crippen MR) is 116 cm³/mol. The van der Waals surface area contributed by atoms with E-state index in [0.29, 0.717) is 23.6 Å². The summed E-state index contributed by atoms with van der Waals surface area (Å²) in [5.41, 5.74) is 0. The van der Waals surface area contributed by atoms with Gasteiger partial charge in [0.2, 0.25) is 5.91 Å². The number of nitrogens with zero attached hydrogens (tertiary/aromatic N) is 4. The summed E-state index contributed by atoms with van der Waals surface area (Å²) in [7, 11) is 4.17. The average Bonchev–Trinajstić information content (AvgIpc) is 3.05. The summed E-state index contributed by atoms with van der Waals surface area (Å²) in [6.07, 6.45) is 6.78. The van der Waals surface area contributed by atoms with Gasteiger partial charge in [0.25, 0.3) is 0 Å². The lowest BCUT2D eigenvalue weighted by atomic mass is 9.78. The highest BCUT2D eigenvalue weighted by Crippen LogP contribution is 2.30. The average molecular weight is 410 g/mol. The molecule has 28 heavy (non-hydrogen) atoms. The molecule has 1 aromatic rings. The van der Waals surface area contributed by atoms with E-state index in [1.54, 1.807) is 0 Å². The van der Waals surface area contributed by atoms with E-state index < -0.39 is 0 Å². The molecule has 160 valence electrons. The SMILES string of the molecule is CCCCn1c(SCC(=O)NC2CCCC(C)C2C)nnc1C(CC)N(C)C. The van der Waals surface area contributed by atoms with Crippen molar-refractivity contribution < 1.29 is 4.79 Å². The first-order chi connectivity index (χ1) is 13.4. The minimum absolute atomic E-state index is 0.113. The Balaban J connectivity index is 2.02. The van der Waals surface area contributed by atoms with E-state index in [0.717, 1.165) is 43.2 Å². The Kier molecular flexibility index (Phi) is 9.28. The van der Waals surface area contributed by atoms with Crippen LogP contribution in [-0.4, -0.2) is 51.5 Å². The second kappa shape index (κ2) is 11.2. The Hall–Kier alpha value is -1.08. The van der Waals surface area contributed by atoms with Gasteiger partial charge in [-0.1, -0.05) is 58.7 Å². The van der Waals surface area contributed by atoms with Crippen LogP contribution in [0.15, 0.2) is 5.16 Å². The first-order valence-corrected chi connectivity index (χ1v) is 11.9. The lowest BCUT2D eigenvalue weighted by molar-refractivity contribution is -0.120. The summed E-state index contributed by atoms with van der Waals surface area (Å²) in [5, 5.41) is 13.1. The van der Waals surface area contributed by atoms with E-state index in [9.17, 15) is 4.79 Å². The zero-order valence-electron chi connectivity index (χ0n) is 18.6. The first-order valence-electron chi connectivity index (χ1n) is 10.9. The lowest BCUT2D eigenvalue weighted by Crippen LogP contribution is -2.44. The maximum atomic E-state index is 12.6. The summed E-state index contributed by atoms with van der Waals surface area (Å²) in [6.45, 7) is 9.84. The van der Waals surface area contributed by atoms with Crippen LogP contribution in [0.2, 0.25) is 0 Å². The highest BCUT2D eigenvalue weighted by molar-refractivity contribution is 7.99. The zero-order chi connectivity index (χ0) is 20.7. The van der Waals surface area contributed by atoms with Crippen LogP contribution in [0.3, 0.4) is 0 Å². The van der Waals surface area contributed by atoms with Crippen LogP contribution in [-0.2, 0) is 11.3 Å². The Morgan fingerprint density at radius 1 is 1.29 bits per heavy atom. The minimum atomic E-state index is 0.113. The third-order valence-electron chi connectivity index (χ3n) is 6.17. The molecule has 4 atom stereocenters. The summed E-state index contributed by atoms with van der Waals surface area (Å²) >= 11 is 1.52. The maximum absolute atomic E-state index is 12.6. The van der Waals surface area contributed by atoms with Gasteiger partial charge in [0, 0.05) is 12.6 Å². The van der Waals surface area contributed by atoms with Gasteiger partial charge in [-0.05, 0) is 45.2 Å². The van der Waals surface area contributed by atoms with E-state index in [4.69, 9.17) is 0 Å². The fourth-order valence-electron chi connectivity index (χ4n) is 4.12. The van der Waals surface area contributed by atoms with E-state index >= 15 is 0 Å². The Morgan fingerprint density at radius 2 is 2.04 bits per heavy atom. The number of nitrogens with one attached hydrogen (secondary N) is 1. The summed E-state index contributed by atoms with van der Waals surface area (Å²) < 4.78 is 2.22. The summed E-state index contributed by atoms with van der Waals surface area (Å²) in [6, 6.07) is 0.556. The van der Waals surface area contributed by atoms with Crippen LogP contribution in [0.25, 0.3) is 0 Å². The van der Waals surface area contributed by atoms with Crippen LogP contribution in [0.1, 0.15) is 78.1 Å². The number of hydrogen-bond donors (Lipinski definition) is 1. The molecule has 1 aliphatic carbocycles. The normalized spacial score (nSPS) is 23.8. The fourth-order valence-corrected chi connectivity index (χ4v) is 4.91. The van der Waals surface area contributed by atoms with Gasteiger partial charge in [-0.2, -0.15) is 0 Å². The number of amides is 1. The smallest absolute Gasteiger partial charge is 0.230 e. The molecule has 7 heteroatoms. The third-order valence-corrected chi connectivity index (χ3v) is 7.14. The molecule has 4 unspecified atom stereocenters. The van der Waals surface area contributed by atoms with Crippen LogP contribution in [0.5, 0.6) is 0 Å². The van der Waals surface area contributed by atoms with Crippen molar-refractivity contribution in [1.82, 2.24) is 25.0 Å². The van der Waals surface area contributed by atoms with Crippen LogP contribution in [0, 0.1) is 11.8 Å². The third kappa shape index (κ3) is 5.96. The van der Waals surface area contributed by atoms with Gasteiger partial charge in [-0.25, -0.2) is 0 Å². The van der Waals surface area contributed by atoms with Crippen molar-refractivity contribution >= 4 is 17.7 Å². The number of hydrogen-bond acceptors (Lipinski definition) is 5. The maximum Gasteiger partial charge on any atom is 0.230 e. The highest BCUT2D eigenvalue weighted by atomic mass is 32.2. The molecule has 1 aliphatic rings. The monoisotopic (exact) mass is 409 g/mol. The largest absolute Gasteiger partial charge is 0.352 e. The molecule has 1 saturated carbocycles. The molecular weight excluding hydrogens is 370 g/mol. The molecule has 1 aromatic heterocycles. The molecule has 1 fully saturated rings. The highest BCUT2D eigenvalue weighted by Gasteiger charge is 2.28. The van der Waals surface area contributed by atoms with Crippen LogP contribution < -0.4 is 5.32 Å². The van der Waals surface area contributed by atoms with Gasteiger partial charge < -0.3 is 9.88 Å². The van der Waals surface area contributed by atoms with Crippen molar-refractivity contribution in [3.8, 4) is 0 Å². The number of aromatic nitrogens is 3. The summed E-state index contributed by atoms with van der Waals surface area (Å²) in [5.74, 6) is 2.76. The Labute approximate surface area is 175 Å². The van der Waals surface area contributed by atoms with Gasteiger partial charge in [0.05, 0.1) is 11.8 Å². The van der Waals surface area contributed by atoms with Crippen LogP contribution in [0.4, 0.5) is 0 Å². The van der Waals surface area contributed by atoms with Gasteiger partial charge in [-0.15, -0.1) is 10.2 Å². The number of thioether (sulfide) groups is 1. The topological polar surface area (TPSA) is 63.1 Å². The molecule has 0 radical (unpaired) electrons. The fraction of sp³-hybridized carbons (Fsp3) is 0.857. The number of unbranched alkanes of at least 4 members (excludes halogenated alkanes) is 1. The molecule has 0 saturated heterocycles. The summed E-state index contributed by atoms with van der Waals surface area (Å²) in [4.78, 5) is 14.8. The molecule has 0 spiro atoms. The molecule has 0 aliphatic heterocycles. The van der Waals surface area contributed by atoms with Gasteiger partial charge in [-0.3, -0.25) is 9.69 Å². The predicted octanol–water partition coefficient (Wildman–Crippen LogP) is 4.12. The lowest BCUT2D eigenvalue weighted by Gasteiger charge is -2.34. The zero-order valence-corrected chi connectivity index (χ0v) is 19.4. The molecule has 1 heterocycles. The van der Waals surface area contributed by atoms with E-state index in [-0.39, 0.29) is 11.9 Å². The standard InChI is InChI=1S/C21H39N5OS/c1-7-9-13-26-20(18(8-2)25(5)6)23-24-21(26)28-14-19(27)22-17-12-10-11-15(3)16(17)4/h15-18H,7-14H2,1-6H3,(H,22,27). The van der Waals surface area contributed by atoms with Crippen molar-refractivity contribution in [2.24, 2.45) is 11.8 Å². The van der Waals surface area contributed by atoms with Gasteiger partial charge >= 0.3 is 0 Å². The first kappa shape index (κ1) is 23.2. The second-order valence-electron chi connectivity index (χ2n) is 8.46. The number of carbonyl (C=O) groups excluding carboxylic acids is 1. The molecule has 6 nitrogen and oxygen atoms in total. The van der Waals surface area contributed by atoms with Crippen molar-refractivity contribution in [2.45, 2.75) is 90.0 Å². The molecule has 0 aromatic carbocycles. The van der Waals surface area contributed by atoms with Crippen molar-refractivity contribution in [2.75, 3.05) is 19.8 Å². The number of carbonyl (C=O) groups is 1. The minimum Gasteiger partial charge on any atom is -0.352 e. The van der Waals surface area contributed by atoms with Gasteiger partial charge in [0.1, 0.15) is 0 Å². The molecule has 1 amide bonds. The molecule has 1 N–H and O–H groups in total. The van der Waals surface area contributed by atoms with Crippen molar-refractivity contribution in [1.29, 1.82) is 0 Å². The van der Waals surface area contributed by atoms with E-state index in [1.807, 2.05) is 0 Å². The number of rotatable bonds is 10. The van der Waals surface area contributed by atoms with Gasteiger partial charge in [0.15, 0.2) is 11.0 Å². The van der Waals surface area contributed by atoms with E-state index in [1.165, 1.54) is 24.6 Å². The van der Waals surface area contributed by atoms with Crippen molar-refractivity contribution in [3.63, 3.8) is 0 Å². The Morgan fingerprint density at radius 3 is 2.68 bits per heavy atom. The molecule has 2 rings (SSSR count). The van der Waals surface area contributed by atoms with Crippen molar-refractivity contribution in [3.05, 3.63) is 5.82 Å². The quantitative estimate of drug-likeness (QED) is 0.589. The van der Waals surface area contributed by atoms with Crippen LogP contribution >= 0.6 is 11.8 Å². The molecular formula is C21H39N5OS. The second-order valence-corrected chi connectivity index (χ2v) is 9.41. The van der Waals surface area contributed by atoms with E-state index in [2.05, 4.69) is 66.8 Å².